The van der Waals surface area contributed by atoms with E-state index in [4.69, 9.17) is 9.47 Å². The summed E-state index contributed by atoms with van der Waals surface area (Å²) in [4.78, 5) is 34.5. The molecule has 6 nitrogen and oxygen atoms in total. The highest BCUT2D eigenvalue weighted by Crippen LogP contribution is 2.32. The summed E-state index contributed by atoms with van der Waals surface area (Å²) in [5, 5.41) is 9.76. The van der Waals surface area contributed by atoms with Gasteiger partial charge in [0.25, 0.3) is 0 Å². The number of cyclic esters (lactones) is 1. The third-order valence-electron chi connectivity index (χ3n) is 6.12. The molecule has 33 heavy (non-hydrogen) atoms. The zero-order chi connectivity index (χ0) is 24.6. The summed E-state index contributed by atoms with van der Waals surface area (Å²) >= 11 is 0. The maximum Gasteiger partial charge on any atom is 0.334 e. The van der Waals surface area contributed by atoms with Gasteiger partial charge in [-0.1, -0.05) is 70.3 Å². The van der Waals surface area contributed by atoms with Crippen molar-refractivity contribution in [3.8, 4) is 0 Å². The van der Waals surface area contributed by atoms with Gasteiger partial charge in [-0.3, -0.25) is 4.79 Å². The van der Waals surface area contributed by atoms with Gasteiger partial charge < -0.3 is 19.4 Å². The van der Waals surface area contributed by atoms with Crippen LogP contribution in [0.3, 0.4) is 0 Å². The summed E-state index contributed by atoms with van der Waals surface area (Å²) in [6.45, 7) is 4.79. The first-order valence-electron chi connectivity index (χ1n) is 12.9. The molecule has 0 aromatic heterocycles. The molecule has 190 valence electrons. The van der Waals surface area contributed by atoms with Gasteiger partial charge >= 0.3 is 11.9 Å². The van der Waals surface area contributed by atoms with Crippen LogP contribution in [0.2, 0.25) is 0 Å². The molecule has 1 N–H and O–H groups in total. The first-order valence-corrected chi connectivity index (χ1v) is 12.9. The van der Waals surface area contributed by atoms with Crippen LogP contribution in [0.15, 0.2) is 11.6 Å². The lowest BCUT2D eigenvalue weighted by Crippen LogP contribution is -2.40. The smallest absolute Gasteiger partial charge is 0.334 e. The molecule has 1 aliphatic heterocycles. The summed E-state index contributed by atoms with van der Waals surface area (Å²) in [6, 6.07) is 0. The van der Waals surface area contributed by atoms with Gasteiger partial charge in [-0.2, -0.15) is 0 Å². The lowest BCUT2D eigenvalue weighted by atomic mass is 9.96. The number of aldehydes is 1. The molecular formula is C27H46O6. The van der Waals surface area contributed by atoms with Gasteiger partial charge in [0.15, 0.2) is 5.60 Å². The van der Waals surface area contributed by atoms with Crippen molar-refractivity contribution in [3.05, 3.63) is 11.6 Å². The zero-order valence-corrected chi connectivity index (χ0v) is 21.2. The normalized spacial score (nSPS) is 19.6. The van der Waals surface area contributed by atoms with E-state index in [-0.39, 0.29) is 25.6 Å². The minimum Gasteiger partial charge on any atom is -0.461 e. The van der Waals surface area contributed by atoms with Crippen LogP contribution in [0.4, 0.5) is 0 Å². The molecule has 0 saturated carbocycles. The quantitative estimate of drug-likeness (QED) is 0.118. The largest absolute Gasteiger partial charge is 0.461 e. The number of unbranched alkanes of at least 4 members (excludes halogenated alkanes) is 13. The maximum atomic E-state index is 12.2. The fraction of sp³-hybridized carbons (Fsp3) is 0.815. The van der Waals surface area contributed by atoms with E-state index in [0.29, 0.717) is 12.0 Å². The summed E-state index contributed by atoms with van der Waals surface area (Å²) in [6.07, 6.45) is 19.3. The van der Waals surface area contributed by atoms with Gasteiger partial charge in [-0.15, -0.1) is 0 Å². The predicted molar refractivity (Wildman–Crippen MR) is 130 cm³/mol. The number of esters is 2. The Morgan fingerprint density at radius 2 is 1.42 bits per heavy atom. The molecule has 1 aliphatic rings. The summed E-state index contributed by atoms with van der Waals surface area (Å²) < 4.78 is 10.7. The average Bonchev–Trinajstić information content (AvgIpc) is 3.10. The monoisotopic (exact) mass is 466 g/mol. The SMILES string of the molecule is CC(C)(C)C(=O)OCC1(CO)C/C(=C/CCCCCCCCCCCCCCC=O)C(=O)O1. The van der Waals surface area contributed by atoms with Crippen LogP contribution in [0.25, 0.3) is 0 Å². The maximum absolute atomic E-state index is 12.2. The number of hydrogen-bond acceptors (Lipinski definition) is 6. The van der Waals surface area contributed by atoms with E-state index in [2.05, 4.69) is 0 Å². The highest BCUT2D eigenvalue weighted by Gasteiger charge is 2.45. The Morgan fingerprint density at radius 1 is 0.939 bits per heavy atom. The zero-order valence-electron chi connectivity index (χ0n) is 21.2. The van der Waals surface area contributed by atoms with Crippen molar-refractivity contribution in [2.45, 2.75) is 123 Å². The van der Waals surface area contributed by atoms with Gasteiger partial charge in [0, 0.05) is 18.4 Å². The fourth-order valence-electron chi connectivity index (χ4n) is 3.92. The highest BCUT2D eigenvalue weighted by molar-refractivity contribution is 5.91. The molecule has 0 amide bonds. The van der Waals surface area contributed by atoms with Crippen molar-refractivity contribution < 1.29 is 29.0 Å². The number of ether oxygens (including phenoxy) is 2. The molecule has 0 radical (unpaired) electrons. The first-order chi connectivity index (χ1) is 15.7. The molecule has 0 aromatic rings. The van der Waals surface area contributed by atoms with E-state index in [0.717, 1.165) is 32.0 Å². The number of allylic oxidation sites excluding steroid dienone is 1. The topological polar surface area (TPSA) is 89.9 Å². The van der Waals surface area contributed by atoms with Crippen LogP contribution >= 0.6 is 0 Å². The van der Waals surface area contributed by atoms with Crippen LogP contribution in [-0.2, 0) is 23.9 Å². The standard InChI is InChI=1S/C27H46O6/c1-26(2,3)25(31)32-22-27(21-29)20-23(24(30)33-27)18-16-14-12-10-8-6-4-5-7-9-11-13-15-17-19-28/h18-19,29H,4-17,20-22H2,1-3H3/b23-18-. The molecule has 0 spiro atoms. The molecule has 0 aromatic carbocycles. The van der Waals surface area contributed by atoms with Crippen LogP contribution in [0.1, 0.15) is 117 Å². The van der Waals surface area contributed by atoms with Crippen molar-refractivity contribution in [2.75, 3.05) is 13.2 Å². The molecule has 1 atom stereocenters. The van der Waals surface area contributed by atoms with Gasteiger partial charge in [-0.25, -0.2) is 4.79 Å². The van der Waals surface area contributed by atoms with Gasteiger partial charge in [0.1, 0.15) is 12.9 Å². The Labute approximate surface area is 200 Å². The van der Waals surface area contributed by atoms with Crippen LogP contribution in [-0.4, -0.2) is 42.1 Å². The third-order valence-corrected chi connectivity index (χ3v) is 6.12. The Balaban J connectivity index is 2.13. The number of aliphatic hydroxyl groups excluding tert-OH is 1. The minimum atomic E-state index is -1.15. The van der Waals surface area contributed by atoms with Gasteiger partial charge in [0.05, 0.1) is 12.0 Å². The lowest BCUT2D eigenvalue weighted by Gasteiger charge is -2.26. The fourth-order valence-corrected chi connectivity index (χ4v) is 3.92. The van der Waals surface area contributed by atoms with E-state index in [1.165, 1.54) is 57.8 Å². The van der Waals surface area contributed by atoms with Crippen molar-refractivity contribution in [1.82, 2.24) is 0 Å². The van der Waals surface area contributed by atoms with Crippen molar-refractivity contribution in [3.63, 3.8) is 0 Å². The molecule has 1 saturated heterocycles. The van der Waals surface area contributed by atoms with E-state index >= 15 is 0 Å². The van der Waals surface area contributed by atoms with Crippen LogP contribution < -0.4 is 0 Å². The van der Waals surface area contributed by atoms with E-state index in [9.17, 15) is 19.5 Å². The van der Waals surface area contributed by atoms with Crippen molar-refractivity contribution >= 4 is 18.2 Å². The summed E-state index contributed by atoms with van der Waals surface area (Å²) in [7, 11) is 0. The molecule has 1 fully saturated rings. The average molecular weight is 467 g/mol. The Kier molecular flexibility index (Phi) is 14.2. The van der Waals surface area contributed by atoms with Crippen molar-refractivity contribution in [2.24, 2.45) is 5.41 Å². The Bertz CT molecular complexity index is 619. The minimum absolute atomic E-state index is 0.122. The summed E-state index contributed by atoms with van der Waals surface area (Å²) in [5.41, 5.74) is -1.22. The van der Waals surface area contributed by atoms with Gasteiger partial charge in [-0.05, 0) is 40.0 Å². The molecule has 0 aliphatic carbocycles. The molecule has 6 heteroatoms. The van der Waals surface area contributed by atoms with Crippen molar-refractivity contribution in [1.29, 1.82) is 0 Å². The number of carbonyl (C=O) groups is 3. The van der Waals surface area contributed by atoms with E-state index < -0.39 is 17.0 Å². The molecule has 1 unspecified atom stereocenters. The van der Waals surface area contributed by atoms with Crippen LogP contribution in [0, 0.1) is 5.41 Å². The van der Waals surface area contributed by atoms with E-state index in [1.807, 2.05) is 6.08 Å². The highest BCUT2D eigenvalue weighted by atomic mass is 16.6. The number of aliphatic hydroxyl groups is 1. The molecular weight excluding hydrogens is 420 g/mol. The number of rotatable bonds is 18. The summed E-state index contributed by atoms with van der Waals surface area (Å²) in [5.74, 6) is -0.797. The van der Waals surface area contributed by atoms with Gasteiger partial charge in [0.2, 0.25) is 0 Å². The van der Waals surface area contributed by atoms with E-state index in [1.54, 1.807) is 20.8 Å². The first kappa shape index (κ1) is 29.3. The molecule has 1 heterocycles. The number of carbonyl (C=O) groups excluding carboxylic acids is 3. The number of hydrogen-bond donors (Lipinski definition) is 1. The molecule has 0 bridgehead atoms. The Morgan fingerprint density at radius 3 is 1.88 bits per heavy atom. The second-order valence-corrected chi connectivity index (χ2v) is 10.4. The second kappa shape index (κ2) is 16.0. The second-order valence-electron chi connectivity index (χ2n) is 10.4. The third kappa shape index (κ3) is 12.4. The lowest BCUT2D eigenvalue weighted by molar-refractivity contribution is -0.171. The Hall–Kier alpha value is -1.69. The van der Waals surface area contributed by atoms with Crippen LogP contribution in [0.5, 0.6) is 0 Å². The predicted octanol–water partition coefficient (Wildman–Crippen LogP) is 5.84. The molecule has 1 rings (SSSR count).